The molecule has 1 atom stereocenters. The van der Waals surface area contributed by atoms with Crippen molar-refractivity contribution in [2.75, 3.05) is 6.26 Å². The number of aliphatic carboxylic acids is 1. The van der Waals surface area contributed by atoms with Crippen LogP contribution < -0.4 is 0 Å². The molecule has 88 valence electrons. The lowest BCUT2D eigenvalue weighted by Gasteiger charge is -2.10. The van der Waals surface area contributed by atoms with E-state index in [4.69, 9.17) is 5.11 Å². The summed E-state index contributed by atoms with van der Waals surface area (Å²) in [5, 5.41) is 8.85. The number of carboxylic acid groups (broad SMARTS) is 1. The van der Waals surface area contributed by atoms with Crippen molar-refractivity contribution in [3.05, 3.63) is 29.3 Å². The van der Waals surface area contributed by atoms with Crippen LogP contribution in [-0.4, -0.2) is 25.7 Å². The highest BCUT2D eigenvalue weighted by Gasteiger charge is 2.17. The van der Waals surface area contributed by atoms with Gasteiger partial charge in [-0.05, 0) is 31.0 Å². The minimum Gasteiger partial charge on any atom is -0.481 e. The average molecular weight is 242 g/mol. The van der Waals surface area contributed by atoms with Gasteiger partial charge in [-0.15, -0.1) is 0 Å². The summed E-state index contributed by atoms with van der Waals surface area (Å²) in [4.78, 5) is 11.0. The van der Waals surface area contributed by atoms with Crippen LogP contribution in [0.15, 0.2) is 23.1 Å². The Labute approximate surface area is 94.8 Å². The van der Waals surface area contributed by atoms with E-state index in [0.29, 0.717) is 11.1 Å². The number of carbonyl (C=O) groups is 1. The normalized spacial score (nSPS) is 13.4. The van der Waals surface area contributed by atoms with Crippen molar-refractivity contribution in [2.24, 2.45) is 0 Å². The Morgan fingerprint density at radius 1 is 1.38 bits per heavy atom. The van der Waals surface area contributed by atoms with E-state index >= 15 is 0 Å². The molecule has 0 fully saturated rings. The van der Waals surface area contributed by atoms with Gasteiger partial charge in [-0.1, -0.05) is 12.1 Å². The van der Waals surface area contributed by atoms with Gasteiger partial charge < -0.3 is 5.11 Å². The number of hydrogen-bond donors (Lipinski definition) is 1. The molecule has 0 bridgehead atoms. The molecule has 0 heterocycles. The molecule has 1 N–H and O–H groups in total. The third-order valence-electron chi connectivity index (χ3n) is 2.48. The van der Waals surface area contributed by atoms with Crippen LogP contribution in [0.3, 0.4) is 0 Å². The van der Waals surface area contributed by atoms with Crippen LogP contribution in [0.1, 0.15) is 24.0 Å². The molecular weight excluding hydrogens is 228 g/mol. The molecule has 0 spiro atoms. The van der Waals surface area contributed by atoms with Gasteiger partial charge in [0.1, 0.15) is 0 Å². The second kappa shape index (κ2) is 4.25. The molecule has 0 radical (unpaired) electrons. The topological polar surface area (TPSA) is 71.4 Å². The summed E-state index contributed by atoms with van der Waals surface area (Å²) in [6.45, 7) is 3.21. The lowest BCUT2D eigenvalue weighted by molar-refractivity contribution is -0.138. The highest BCUT2D eigenvalue weighted by Crippen LogP contribution is 2.22. The first-order chi connectivity index (χ1) is 7.23. The van der Waals surface area contributed by atoms with Crippen molar-refractivity contribution in [3.8, 4) is 0 Å². The van der Waals surface area contributed by atoms with E-state index < -0.39 is 21.7 Å². The van der Waals surface area contributed by atoms with Crippen molar-refractivity contribution < 1.29 is 18.3 Å². The fraction of sp³-hybridized carbons (Fsp3) is 0.364. The molecular formula is C11H14O4S. The minimum absolute atomic E-state index is 0.193. The largest absolute Gasteiger partial charge is 0.481 e. The molecule has 0 saturated carbocycles. The number of sulfone groups is 1. The van der Waals surface area contributed by atoms with Crippen molar-refractivity contribution in [3.63, 3.8) is 0 Å². The summed E-state index contributed by atoms with van der Waals surface area (Å²) in [6, 6.07) is 4.71. The molecule has 1 rings (SSSR count). The molecule has 0 aromatic heterocycles. The minimum atomic E-state index is -3.31. The van der Waals surface area contributed by atoms with E-state index in [0.717, 1.165) is 6.26 Å². The van der Waals surface area contributed by atoms with Crippen LogP contribution in [0.5, 0.6) is 0 Å². The van der Waals surface area contributed by atoms with Gasteiger partial charge in [0.15, 0.2) is 9.84 Å². The Kier molecular flexibility index (Phi) is 3.38. The molecule has 5 heteroatoms. The maximum Gasteiger partial charge on any atom is 0.310 e. The first-order valence-electron chi connectivity index (χ1n) is 4.77. The molecule has 0 aliphatic rings. The van der Waals surface area contributed by atoms with Crippen LogP contribution in [0, 0.1) is 6.92 Å². The van der Waals surface area contributed by atoms with Crippen LogP contribution in [0.4, 0.5) is 0 Å². The van der Waals surface area contributed by atoms with Crippen LogP contribution in [0.2, 0.25) is 0 Å². The lowest BCUT2D eigenvalue weighted by Crippen LogP contribution is -2.09. The van der Waals surface area contributed by atoms with Crippen LogP contribution >= 0.6 is 0 Å². The first kappa shape index (κ1) is 12.7. The van der Waals surface area contributed by atoms with Gasteiger partial charge in [0.2, 0.25) is 0 Å². The quantitative estimate of drug-likeness (QED) is 0.873. The second-order valence-electron chi connectivity index (χ2n) is 3.86. The van der Waals surface area contributed by atoms with E-state index in [-0.39, 0.29) is 4.90 Å². The third-order valence-corrected chi connectivity index (χ3v) is 3.72. The van der Waals surface area contributed by atoms with Crippen molar-refractivity contribution >= 4 is 15.8 Å². The maximum atomic E-state index is 11.5. The molecule has 0 aliphatic carbocycles. The Bertz CT molecular complexity index is 517. The zero-order valence-electron chi connectivity index (χ0n) is 9.39. The summed E-state index contributed by atoms with van der Waals surface area (Å²) in [5.74, 6) is -1.68. The molecule has 1 aromatic carbocycles. The molecule has 0 saturated heterocycles. The SMILES string of the molecule is Cc1ccc(C(C)C(=O)O)cc1S(C)(=O)=O. The number of hydrogen-bond acceptors (Lipinski definition) is 3. The summed E-state index contributed by atoms with van der Waals surface area (Å²) in [5.41, 5.74) is 1.13. The molecule has 0 aliphatic heterocycles. The standard InChI is InChI=1S/C11H14O4S/c1-7-4-5-9(8(2)11(12)13)6-10(7)16(3,14)15/h4-6,8H,1-3H3,(H,12,13). The van der Waals surface area contributed by atoms with Crippen LogP contribution in [-0.2, 0) is 14.6 Å². The van der Waals surface area contributed by atoms with Gasteiger partial charge >= 0.3 is 5.97 Å². The van der Waals surface area contributed by atoms with E-state index in [2.05, 4.69) is 0 Å². The van der Waals surface area contributed by atoms with Gasteiger partial charge in [-0.25, -0.2) is 8.42 Å². The number of benzene rings is 1. The summed E-state index contributed by atoms with van der Waals surface area (Å²) in [6.07, 6.45) is 1.12. The zero-order valence-corrected chi connectivity index (χ0v) is 10.2. The van der Waals surface area contributed by atoms with Crippen molar-refractivity contribution in [1.29, 1.82) is 0 Å². The first-order valence-corrected chi connectivity index (χ1v) is 6.66. The molecule has 1 aromatic rings. The van der Waals surface area contributed by atoms with Crippen molar-refractivity contribution in [2.45, 2.75) is 24.7 Å². The molecule has 16 heavy (non-hydrogen) atoms. The Morgan fingerprint density at radius 2 is 1.94 bits per heavy atom. The van der Waals surface area contributed by atoms with Gasteiger partial charge in [0, 0.05) is 6.26 Å². The van der Waals surface area contributed by atoms with Crippen LogP contribution in [0.25, 0.3) is 0 Å². The Hall–Kier alpha value is -1.36. The zero-order chi connectivity index (χ0) is 12.5. The Morgan fingerprint density at radius 3 is 2.38 bits per heavy atom. The highest BCUT2D eigenvalue weighted by molar-refractivity contribution is 7.90. The monoisotopic (exact) mass is 242 g/mol. The fourth-order valence-electron chi connectivity index (χ4n) is 1.43. The average Bonchev–Trinajstić information content (AvgIpc) is 2.15. The van der Waals surface area contributed by atoms with Gasteiger partial charge in [-0.3, -0.25) is 4.79 Å². The predicted molar refractivity (Wildman–Crippen MR) is 60.3 cm³/mol. The lowest BCUT2D eigenvalue weighted by atomic mass is 10.0. The summed E-state index contributed by atoms with van der Waals surface area (Å²) in [7, 11) is -3.31. The summed E-state index contributed by atoms with van der Waals surface area (Å²) >= 11 is 0. The smallest absolute Gasteiger partial charge is 0.310 e. The van der Waals surface area contributed by atoms with E-state index in [1.165, 1.54) is 13.0 Å². The number of aryl methyl sites for hydroxylation is 1. The van der Waals surface area contributed by atoms with Crippen molar-refractivity contribution in [1.82, 2.24) is 0 Å². The van der Waals surface area contributed by atoms with E-state index in [1.54, 1.807) is 19.1 Å². The third kappa shape index (κ3) is 2.61. The maximum absolute atomic E-state index is 11.5. The van der Waals surface area contributed by atoms with E-state index in [1.807, 2.05) is 0 Å². The number of rotatable bonds is 3. The fourth-order valence-corrected chi connectivity index (χ4v) is 2.43. The highest BCUT2D eigenvalue weighted by atomic mass is 32.2. The van der Waals surface area contributed by atoms with Gasteiger partial charge in [-0.2, -0.15) is 0 Å². The summed E-state index contributed by atoms with van der Waals surface area (Å²) < 4.78 is 22.9. The van der Waals surface area contributed by atoms with E-state index in [9.17, 15) is 13.2 Å². The molecule has 4 nitrogen and oxygen atoms in total. The number of carboxylic acids is 1. The Balaban J connectivity index is 3.34. The molecule has 1 unspecified atom stereocenters. The van der Waals surface area contributed by atoms with Gasteiger partial charge in [0.25, 0.3) is 0 Å². The second-order valence-corrected chi connectivity index (χ2v) is 5.84. The predicted octanol–water partition coefficient (Wildman–Crippen LogP) is 1.59. The molecule has 0 amide bonds. The van der Waals surface area contributed by atoms with Gasteiger partial charge in [0.05, 0.1) is 10.8 Å².